The molecular weight excluding hydrogens is 384 g/mol. The Morgan fingerprint density at radius 1 is 1.07 bits per heavy atom. The number of nitro groups is 1. The van der Waals surface area contributed by atoms with E-state index in [4.69, 9.17) is 4.18 Å². The van der Waals surface area contributed by atoms with E-state index in [1.807, 2.05) is 20.8 Å². The van der Waals surface area contributed by atoms with Crippen LogP contribution in [0.4, 0.5) is 0 Å². The van der Waals surface area contributed by atoms with Crippen LogP contribution in [0.5, 0.6) is 5.75 Å². The Morgan fingerprint density at radius 3 is 2.14 bits per heavy atom. The Hall–Kier alpha value is -3.20. The average molecular weight is 404 g/mol. The zero-order valence-electron chi connectivity index (χ0n) is 15.6. The van der Waals surface area contributed by atoms with Crippen LogP contribution in [0.2, 0.25) is 0 Å². The van der Waals surface area contributed by atoms with Crippen LogP contribution < -0.4 is 9.50 Å². The average Bonchev–Trinajstić information content (AvgIpc) is 2.59. The first-order valence-corrected chi connectivity index (χ1v) is 9.66. The second-order valence-corrected chi connectivity index (χ2v) is 8.48. The molecule has 0 bridgehead atoms. The molecule has 148 valence electrons. The molecule has 0 aromatic heterocycles. The molecule has 8 nitrogen and oxygen atoms in total. The number of rotatable bonds is 6. The third kappa shape index (κ3) is 6.20. The van der Waals surface area contributed by atoms with Crippen LogP contribution >= 0.6 is 0 Å². The number of carbonyl (C=O) groups excluding carboxylic acids is 1. The normalized spacial score (nSPS) is 12.0. The van der Waals surface area contributed by atoms with E-state index in [9.17, 15) is 23.3 Å². The van der Waals surface area contributed by atoms with Crippen molar-refractivity contribution < 1.29 is 22.3 Å². The van der Waals surface area contributed by atoms with Crippen molar-refractivity contribution in [3.63, 3.8) is 0 Å². The van der Waals surface area contributed by atoms with E-state index in [2.05, 4.69) is 5.32 Å². The van der Waals surface area contributed by atoms with Gasteiger partial charge in [0, 0.05) is 17.2 Å². The van der Waals surface area contributed by atoms with E-state index in [0.29, 0.717) is 11.1 Å². The maximum atomic E-state index is 12.4. The lowest BCUT2D eigenvalue weighted by Crippen LogP contribution is -2.40. The molecule has 0 spiro atoms. The van der Waals surface area contributed by atoms with E-state index in [1.54, 1.807) is 0 Å². The predicted molar refractivity (Wildman–Crippen MR) is 104 cm³/mol. The number of benzene rings is 2. The van der Waals surface area contributed by atoms with Gasteiger partial charge in [-0.2, -0.15) is 8.42 Å². The molecule has 2 aromatic rings. The Bertz CT molecular complexity index is 988. The molecule has 0 saturated heterocycles. The van der Waals surface area contributed by atoms with Gasteiger partial charge in [-0.25, -0.2) is 0 Å². The number of amides is 1. The molecule has 2 rings (SSSR count). The van der Waals surface area contributed by atoms with Gasteiger partial charge in [0.25, 0.3) is 5.91 Å². The van der Waals surface area contributed by atoms with Gasteiger partial charge < -0.3 is 9.50 Å². The third-order valence-corrected chi connectivity index (χ3v) is 4.63. The summed E-state index contributed by atoms with van der Waals surface area (Å²) in [5.41, 5.74) is 0.442. The Morgan fingerprint density at radius 2 is 1.64 bits per heavy atom. The summed E-state index contributed by atoms with van der Waals surface area (Å²) < 4.78 is 29.8. The second-order valence-electron chi connectivity index (χ2n) is 6.94. The van der Waals surface area contributed by atoms with Gasteiger partial charge in [0.1, 0.15) is 10.6 Å². The minimum absolute atomic E-state index is 0.0628. The first-order valence-electron chi connectivity index (χ1n) is 8.25. The highest BCUT2D eigenvalue weighted by atomic mass is 32.2. The predicted octanol–water partition coefficient (Wildman–Crippen LogP) is 3.23. The molecule has 0 aliphatic heterocycles. The van der Waals surface area contributed by atoms with Crippen LogP contribution in [-0.2, 0) is 10.1 Å². The lowest BCUT2D eigenvalue weighted by molar-refractivity contribution is -0.400. The van der Waals surface area contributed by atoms with Crippen molar-refractivity contribution >= 4 is 22.1 Å². The molecule has 0 fully saturated rings. The molecule has 0 unspecified atom stereocenters. The van der Waals surface area contributed by atoms with Gasteiger partial charge in [-0.1, -0.05) is 12.1 Å². The van der Waals surface area contributed by atoms with E-state index in [-0.39, 0.29) is 16.6 Å². The summed E-state index contributed by atoms with van der Waals surface area (Å²) in [7, 11) is -4.09. The van der Waals surface area contributed by atoms with Gasteiger partial charge in [0.05, 0.1) is 4.92 Å². The molecule has 0 aliphatic rings. The molecular formula is C19H20N2O6S. The molecule has 0 radical (unpaired) electrons. The first-order chi connectivity index (χ1) is 13.0. The molecule has 2 aromatic carbocycles. The van der Waals surface area contributed by atoms with E-state index >= 15 is 0 Å². The molecule has 0 atom stereocenters. The Balaban J connectivity index is 2.12. The van der Waals surface area contributed by atoms with Gasteiger partial charge >= 0.3 is 10.1 Å². The highest BCUT2D eigenvalue weighted by molar-refractivity contribution is 7.87. The summed E-state index contributed by atoms with van der Waals surface area (Å²) in [4.78, 5) is 21.7. The fourth-order valence-electron chi connectivity index (χ4n) is 2.14. The lowest BCUT2D eigenvalue weighted by atomic mass is 10.1. The first kappa shape index (κ1) is 21.1. The van der Waals surface area contributed by atoms with Crippen molar-refractivity contribution in [2.24, 2.45) is 0 Å². The maximum Gasteiger partial charge on any atom is 0.339 e. The molecule has 28 heavy (non-hydrogen) atoms. The number of nitrogens with zero attached hydrogens (tertiary/aromatic N) is 1. The molecule has 0 saturated carbocycles. The summed E-state index contributed by atoms with van der Waals surface area (Å²) in [5, 5.41) is 13.1. The van der Waals surface area contributed by atoms with Crippen LogP contribution in [0.15, 0.2) is 59.6 Å². The van der Waals surface area contributed by atoms with Gasteiger partial charge in [-0.15, -0.1) is 0 Å². The number of hydrogen-bond donors (Lipinski definition) is 1. The fraction of sp³-hybridized carbons (Fsp3) is 0.211. The zero-order chi connectivity index (χ0) is 20.9. The monoisotopic (exact) mass is 404 g/mol. The summed E-state index contributed by atoms with van der Waals surface area (Å²) in [6.45, 7) is 5.53. The van der Waals surface area contributed by atoms with Crippen LogP contribution in [0.1, 0.15) is 36.7 Å². The number of nitrogens with one attached hydrogen (secondary N) is 1. The van der Waals surface area contributed by atoms with Gasteiger partial charge in [-0.3, -0.25) is 14.9 Å². The topological polar surface area (TPSA) is 116 Å². The maximum absolute atomic E-state index is 12.4. The van der Waals surface area contributed by atoms with Gasteiger partial charge in [0.15, 0.2) is 0 Å². The molecule has 1 amide bonds. The van der Waals surface area contributed by atoms with Crippen molar-refractivity contribution in [2.45, 2.75) is 31.2 Å². The Kier molecular flexibility index (Phi) is 6.19. The van der Waals surface area contributed by atoms with Crippen molar-refractivity contribution in [3.05, 3.63) is 76.0 Å². The quantitative estimate of drug-likeness (QED) is 0.449. The summed E-state index contributed by atoms with van der Waals surface area (Å²) >= 11 is 0. The van der Waals surface area contributed by atoms with Crippen molar-refractivity contribution in [1.29, 1.82) is 0 Å². The highest BCUT2D eigenvalue weighted by Gasteiger charge is 2.19. The van der Waals surface area contributed by atoms with Crippen molar-refractivity contribution in [3.8, 4) is 5.75 Å². The van der Waals surface area contributed by atoms with Crippen molar-refractivity contribution in [1.82, 2.24) is 5.32 Å². The lowest BCUT2D eigenvalue weighted by Gasteiger charge is -2.20. The fourth-order valence-corrected chi connectivity index (χ4v) is 3.07. The minimum atomic E-state index is -4.09. The van der Waals surface area contributed by atoms with Crippen LogP contribution in [0.3, 0.4) is 0 Å². The summed E-state index contributed by atoms with van der Waals surface area (Å²) in [6.07, 6.45) is 2.06. The Labute approximate surface area is 163 Å². The van der Waals surface area contributed by atoms with E-state index < -0.39 is 20.6 Å². The van der Waals surface area contributed by atoms with Crippen LogP contribution in [0, 0.1) is 10.1 Å². The summed E-state index contributed by atoms with van der Waals surface area (Å²) in [6, 6.07) is 11.2. The molecule has 0 heterocycles. The highest BCUT2D eigenvalue weighted by Crippen LogP contribution is 2.20. The smallest absolute Gasteiger partial charge is 0.339 e. The largest absolute Gasteiger partial charge is 0.379 e. The van der Waals surface area contributed by atoms with E-state index in [0.717, 1.165) is 6.20 Å². The standard InChI is InChI=1S/C19H20N2O6S/c1-19(2,3)20-18(22)15-6-10-17(11-7-15)28(25,26)27-16-8-4-14(5-9-16)12-13-21(23)24/h4-13H,1-3H3,(H,20,22)/b13-12+. The van der Waals surface area contributed by atoms with Crippen LogP contribution in [0.25, 0.3) is 6.08 Å². The van der Waals surface area contributed by atoms with Gasteiger partial charge in [-0.05, 0) is 62.7 Å². The molecule has 9 heteroatoms. The van der Waals surface area contributed by atoms with E-state index in [1.165, 1.54) is 54.6 Å². The van der Waals surface area contributed by atoms with Crippen LogP contribution in [-0.4, -0.2) is 24.8 Å². The third-order valence-electron chi connectivity index (χ3n) is 3.37. The van der Waals surface area contributed by atoms with Gasteiger partial charge in [0.2, 0.25) is 6.20 Å². The van der Waals surface area contributed by atoms with Crippen molar-refractivity contribution in [2.75, 3.05) is 0 Å². The second kappa shape index (κ2) is 8.22. The minimum Gasteiger partial charge on any atom is -0.379 e. The molecule has 1 N–H and O–H groups in total. The zero-order valence-corrected chi connectivity index (χ0v) is 16.4. The SMILES string of the molecule is CC(C)(C)NC(=O)c1ccc(S(=O)(=O)Oc2ccc(/C=C/[N+](=O)[O-])cc2)cc1. The summed E-state index contributed by atoms with van der Waals surface area (Å²) in [5.74, 6) is -0.247. The molecule has 0 aliphatic carbocycles. The number of hydrogen-bond acceptors (Lipinski definition) is 6. The number of carbonyl (C=O) groups is 1.